The Balaban J connectivity index is 1.96. The maximum absolute atomic E-state index is 13.6. The van der Waals surface area contributed by atoms with Crippen molar-refractivity contribution in [2.45, 2.75) is 18.4 Å². The van der Waals surface area contributed by atoms with Gasteiger partial charge in [-0.2, -0.15) is 0 Å². The van der Waals surface area contributed by atoms with E-state index in [2.05, 4.69) is 5.32 Å². The number of nitrogens with one attached hydrogen (secondary N) is 1. The van der Waals surface area contributed by atoms with E-state index in [0.29, 0.717) is 16.9 Å². The highest BCUT2D eigenvalue weighted by Crippen LogP contribution is 2.39. The normalized spacial score (nSPS) is 10.9. The van der Waals surface area contributed by atoms with Gasteiger partial charge in [-0.05, 0) is 42.8 Å². The van der Waals surface area contributed by atoms with Crippen LogP contribution in [0.1, 0.15) is 21.5 Å². The second kappa shape index (κ2) is 10.8. The molecule has 3 aromatic carbocycles. The van der Waals surface area contributed by atoms with Gasteiger partial charge >= 0.3 is 0 Å². The lowest BCUT2D eigenvalue weighted by Gasteiger charge is -2.26. The molecule has 0 saturated carbocycles. The number of carbonyl (C=O) groups is 2. The summed E-state index contributed by atoms with van der Waals surface area (Å²) in [5, 5.41) is 2.72. The molecule has 0 atom stereocenters. The summed E-state index contributed by atoms with van der Waals surface area (Å²) in [6, 6.07) is 18.0. The molecule has 0 saturated heterocycles. The van der Waals surface area contributed by atoms with Gasteiger partial charge in [-0.1, -0.05) is 42.0 Å². The first kappa shape index (κ1) is 24.8. The Bertz CT molecular complexity index is 1270. The first-order valence-corrected chi connectivity index (χ1v) is 11.9. The molecule has 9 heteroatoms. The van der Waals surface area contributed by atoms with Gasteiger partial charge in [0.1, 0.15) is 12.8 Å². The predicted octanol–water partition coefficient (Wildman–Crippen LogP) is 3.34. The van der Waals surface area contributed by atoms with Crippen molar-refractivity contribution in [1.29, 1.82) is 0 Å². The number of aryl methyl sites for hydroxylation is 1. The number of sulfonamides is 1. The first-order chi connectivity index (χ1) is 16.3. The van der Waals surface area contributed by atoms with Crippen LogP contribution in [0.25, 0.3) is 0 Å². The Hall–Kier alpha value is -3.85. The Morgan fingerprint density at radius 3 is 2.35 bits per heavy atom. The van der Waals surface area contributed by atoms with Gasteiger partial charge in [0.2, 0.25) is 5.91 Å². The van der Waals surface area contributed by atoms with Crippen molar-refractivity contribution in [2.24, 2.45) is 0 Å². The van der Waals surface area contributed by atoms with Crippen molar-refractivity contribution in [3.05, 3.63) is 83.4 Å². The molecule has 8 nitrogen and oxygen atoms in total. The second-order valence-corrected chi connectivity index (χ2v) is 9.34. The maximum atomic E-state index is 13.6. The molecular weight excluding hydrogens is 456 g/mol. The van der Waals surface area contributed by atoms with E-state index in [0.717, 1.165) is 16.2 Å². The van der Waals surface area contributed by atoms with E-state index < -0.39 is 22.5 Å². The fourth-order valence-electron chi connectivity index (χ4n) is 3.37. The number of methoxy groups -OCH3 is 2. The number of amides is 1. The molecule has 0 heterocycles. The highest BCUT2D eigenvalue weighted by atomic mass is 32.2. The molecule has 0 aliphatic carbocycles. The van der Waals surface area contributed by atoms with Crippen molar-refractivity contribution in [2.75, 3.05) is 25.1 Å². The number of ether oxygens (including phenoxy) is 2. The van der Waals surface area contributed by atoms with Crippen LogP contribution in [-0.2, 0) is 21.4 Å². The number of hydrogen-bond donors (Lipinski definition) is 1. The van der Waals surface area contributed by atoms with Crippen molar-refractivity contribution < 1.29 is 27.5 Å². The number of carbonyl (C=O) groups excluding carboxylic acids is 2. The molecule has 0 fully saturated rings. The molecule has 1 amide bonds. The number of aldehydes is 1. The molecule has 3 rings (SSSR count). The van der Waals surface area contributed by atoms with Gasteiger partial charge in [0, 0.05) is 12.1 Å². The van der Waals surface area contributed by atoms with Crippen molar-refractivity contribution >= 4 is 27.9 Å². The van der Waals surface area contributed by atoms with E-state index in [1.165, 1.54) is 26.4 Å². The summed E-state index contributed by atoms with van der Waals surface area (Å²) in [4.78, 5) is 23.9. The minimum absolute atomic E-state index is 0.0365. The molecule has 178 valence electrons. The average molecular weight is 483 g/mol. The summed E-state index contributed by atoms with van der Waals surface area (Å²) in [5.41, 5.74) is 2.27. The van der Waals surface area contributed by atoms with Crippen LogP contribution in [0.3, 0.4) is 0 Å². The fraction of sp³-hybridized carbons (Fsp3) is 0.200. The summed E-state index contributed by atoms with van der Waals surface area (Å²) in [7, 11) is -1.28. The van der Waals surface area contributed by atoms with E-state index in [1.807, 2.05) is 6.92 Å². The topological polar surface area (TPSA) is 102 Å². The summed E-state index contributed by atoms with van der Waals surface area (Å²) in [6.07, 6.45) is 0.719. The smallest absolute Gasteiger partial charge is 0.264 e. The summed E-state index contributed by atoms with van der Waals surface area (Å²) >= 11 is 0. The summed E-state index contributed by atoms with van der Waals surface area (Å²) < 4.78 is 39.0. The lowest BCUT2D eigenvalue weighted by atomic mass is 10.1. The molecule has 34 heavy (non-hydrogen) atoms. The van der Waals surface area contributed by atoms with Crippen molar-refractivity contribution in [3.8, 4) is 11.5 Å². The SMILES string of the molecule is COc1cccc(N(CC(=O)NCc2cccc(C=O)c2)S(=O)(=O)c2ccc(C)cc2)c1OC. The highest BCUT2D eigenvalue weighted by Gasteiger charge is 2.30. The standard InChI is InChI=1S/C25H26N2O6S/c1-18-10-12-21(13-11-18)34(30,31)27(22-8-5-9-23(32-2)25(22)33-3)16-24(29)26-15-19-6-4-7-20(14-19)17-28/h4-14,17H,15-16H2,1-3H3,(H,26,29). The third-order valence-electron chi connectivity index (χ3n) is 5.12. The van der Waals surface area contributed by atoms with Crippen LogP contribution in [0.2, 0.25) is 0 Å². The zero-order valence-electron chi connectivity index (χ0n) is 19.1. The molecule has 3 aromatic rings. The number of nitrogens with zero attached hydrogens (tertiary/aromatic N) is 1. The van der Waals surface area contributed by atoms with Crippen molar-refractivity contribution in [1.82, 2.24) is 5.32 Å². The monoisotopic (exact) mass is 482 g/mol. The van der Waals surface area contributed by atoms with Gasteiger partial charge in [0.05, 0.1) is 24.8 Å². The van der Waals surface area contributed by atoms with E-state index >= 15 is 0 Å². The van der Waals surface area contributed by atoms with E-state index in [9.17, 15) is 18.0 Å². The van der Waals surface area contributed by atoms with E-state index in [4.69, 9.17) is 9.47 Å². The average Bonchev–Trinajstić information content (AvgIpc) is 2.85. The first-order valence-electron chi connectivity index (χ1n) is 10.4. The Morgan fingerprint density at radius 2 is 1.71 bits per heavy atom. The maximum Gasteiger partial charge on any atom is 0.264 e. The van der Waals surface area contributed by atoms with Crippen LogP contribution in [0.4, 0.5) is 5.69 Å². The van der Waals surface area contributed by atoms with Gasteiger partial charge in [-0.3, -0.25) is 13.9 Å². The zero-order valence-corrected chi connectivity index (χ0v) is 20.0. The Kier molecular flexibility index (Phi) is 7.91. The zero-order chi connectivity index (χ0) is 24.7. The molecule has 1 N–H and O–H groups in total. The van der Waals surface area contributed by atoms with Gasteiger partial charge < -0.3 is 14.8 Å². The predicted molar refractivity (Wildman–Crippen MR) is 129 cm³/mol. The van der Waals surface area contributed by atoms with E-state index in [1.54, 1.807) is 54.6 Å². The van der Waals surface area contributed by atoms with Crippen LogP contribution in [0.5, 0.6) is 11.5 Å². The van der Waals surface area contributed by atoms with Crippen LogP contribution in [-0.4, -0.2) is 41.4 Å². The number of anilines is 1. The van der Waals surface area contributed by atoms with Crippen LogP contribution >= 0.6 is 0 Å². The molecule has 0 aromatic heterocycles. The summed E-state index contributed by atoms with van der Waals surface area (Å²) in [5.74, 6) is -0.0144. The minimum atomic E-state index is -4.13. The second-order valence-electron chi connectivity index (χ2n) is 7.48. The largest absolute Gasteiger partial charge is 0.493 e. The molecular formula is C25H26N2O6S. The van der Waals surface area contributed by atoms with Gasteiger partial charge in [-0.15, -0.1) is 0 Å². The third kappa shape index (κ3) is 5.55. The van der Waals surface area contributed by atoms with Gasteiger partial charge in [0.25, 0.3) is 10.0 Å². The number of hydrogen-bond acceptors (Lipinski definition) is 6. The van der Waals surface area contributed by atoms with Crippen LogP contribution in [0, 0.1) is 6.92 Å². The van der Waals surface area contributed by atoms with Gasteiger partial charge in [-0.25, -0.2) is 8.42 Å². The number of benzene rings is 3. The highest BCUT2D eigenvalue weighted by molar-refractivity contribution is 7.92. The number of rotatable bonds is 10. The lowest BCUT2D eigenvalue weighted by Crippen LogP contribution is -2.41. The summed E-state index contributed by atoms with van der Waals surface area (Å²) in [6.45, 7) is 1.49. The Morgan fingerprint density at radius 1 is 1.00 bits per heavy atom. The van der Waals surface area contributed by atoms with Crippen LogP contribution < -0.4 is 19.1 Å². The van der Waals surface area contributed by atoms with Gasteiger partial charge in [0.15, 0.2) is 11.5 Å². The lowest BCUT2D eigenvalue weighted by molar-refractivity contribution is -0.119. The minimum Gasteiger partial charge on any atom is -0.493 e. The molecule has 0 spiro atoms. The Labute approximate surface area is 199 Å². The molecule has 0 unspecified atom stereocenters. The molecule has 0 aliphatic heterocycles. The fourth-order valence-corrected chi connectivity index (χ4v) is 4.79. The molecule has 0 bridgehead atoms. The molecule has 0 radical (unpaired) electrons. The quantitative estimate of drug-likeness (QED) is 0.445. The number of para-hydroxylation sites is 1. The third-order valence-corrected chi connectivity index (χ3v) is 6.90. The van der Waals surface area contributed by atoms with Crippen LogP contribution in [0.15, 0.2) is 71.6 Å². The molecule has 0 aliphatic rings. The van der Waals surface area contributed by atoms with E-state index in [-0.39, 0.29) is 22.9 Å². The van der Waals surface area contributed by atoms with Crippen molar-refractivity contribution in [3.63, 3.8) is 0 Å².